The first-order chi connectivity index (χ1) is 12.0. The first-order valence-corrected chi connectivity index (χ1v) is 9.42. The number of rotatable bonds is 0. The van der Waals surface area contributed by atoms with Gasteiger partial charge in [0.1, 0.15) is 0 Å². The first kappa shape index (κ1) is 20.2. The average molecular weight is 348 g/mol. The third-order valence-corrected chi connectivity index (χ3v) is 4.61. The SMILES string of the molecule is Cc1ccc(C(C)(C)C)cc1.Cc1cccc2ccc(C(C)(C)C)nc12. The predicted octanol–water partition coefficient (Wildman–Crippen LogP) is 7.13. The van der Waals surface area contributed by atoms with Crippen molar-refractivity contribution in [3.05, 3.63) is 77.0 Å². The molecule has 0 spiro atoms. The molecule has 0 radical (unpaired) electrons. The van der Waals surface area contributed by atoms with Crippen molar-refractivity contribution in [1.82, 2.24) is 4.98 Å². The zero-order valence-electron chi connectivity index (χ0n) is 17.6. The molecule has 0 atom stereocenters. The van der Waals surface area contributed by atoms with Crippen LogP contribution in [0.25, 0.3) is 10.9 Å². The number of aromatic nitrogens is 1. The van der Waals surface area contributed by atoms with Gasteiger partial charge in [0.2, 0.25) is 0 Å². The van der Waals surface area contributed by atoms with Crippen molar-refractivity contribution in [1.29, 1.82) is 0 Å². The standard InChI is InChI=1S/C14H17N.C11H16/c1-10-6-5-7-11-8-9-12(14(2,3)4)15-13(10)11;1-9-5-7-10(8-6-9)11(2,3)4/h5-9H,1-4H3;5-8H,1-4H3. The fourth-order valence-electron chi connectivity index (χ4n) is 2.77. The van der Waals surface area contributed by atoms with Gasteiger partial charge in [-0.1, -0.05) is 95.6 Å². The Kier molecular flexibility index (Phi) is 5.91. The summed E-state index contributed by atoms with van der Waals surface area (Å²) in [6.45, 7) is 17.5. The molecular weight excluding hydrogens is 314 g/mol. The van der Waals surface area contributed by atoms with Gasteiger partial charge in [-0.3, -0.25) is 4.98 Å². The summed E-state index contributed by atoms with van der Waals surface area (Å²) in [5.41, 5.74) is 6.68. The summed E-state index contributed by atoms with van der Waals surface area (Å²) < 4.78 is 0. The second-order valence-corrected chi connectivity index (χ2v) is 9.21. The Bertz CT molecular complexity index is 859. The van der Waals surface area contributed by atoms with Gasteiger partial charge in [-0.2, -0.15) is 0 Å². The van der Waals surface area contributed by atoms with Crippen LogP contribution in [0, 0.1) is 13.8 Å². The molecule has 0 aliphatic heterocycles. The van der Waals surface area contributed by atoms with Crippen LogP contribution in [0.4, 0.5) is 0 Å². The van der Waals surface area contributed by atoms with E-state index in [0.29, 0.717) is 0 Å². The number of aryl methyl sites for hydroxylation is 2. The van der Waals surface area contributed by atoms with Crippen molar-refractivity contribution in [3.8, 4) is 0 Å². The smallest absolute Gasteiger partial charge is 0.0734 e. The Morgan fingerprint density at radius 1 is 0.654 bits per heavy atom. The molecule has 0 saturated heterocycles. The molecule has 0 saturated carbocycles. The van der Waals surface area contributed by atoms with E-state index in [1.807, 2.05) is 0 Å². The fourth-order valence-corrected chi connectivity index (χ4v) is 2.77. The lowest BCUT2D eigenvalue weighted by Crippen LogP contribution is -2.13. The van der Waals surface area contributed by atoms with E-state index in [2.05, 4.69) is 110 Å². The maximum atomic E-state index is 4.75. The zero-order chi connectivity index (χ0) is 19.5. The van der Waals surface area contributed by atoms with E-state index in [1.165, 1.54) is 22.1 Å². The van der Waals surface area contributed by atoms with Crippen LogP contribution in [-0.4, -0.2) is 4.98 Å². The summed E-state index contributed by atoms with van der Waals surface area (Å²) >= 11 is 0. The van der Waals surface area contributed by atoms with Gasteiger partial charge in [-0.15, -0.1) is 0 Å². The van der Waals surface area contributed by atoms with Crippen LogP contribution < -0.4 is 0 Å². The van der Waals surface area contributed by atoms with E-state index >= 15 is 0 Å². The molecule has 0 aliphatic carbocycles. The van der Waals surface area contributed by atoms with E-state index in [1.54, 1.807) is 0 Å². The Morgan fingerprint density at radius 3 is 1.81 bits per heavy atom. The normalized spacial score (nSPS) is 11.8. The number of pyridine rings is 1. The molecule has 1 nitrogen and oxygen atoms in total. The van der Waals surface area contributed by atoms with Gasteiger partial charge in [0.15, 0.2) is 0 Å². The first-order valence-electron chi connectivity index (χ1n) is 9.42. The molecule has 138 valence electrons. The van der Waals surface area contributed by atoms with Crippen molar-refractivity contribution in [2.45, 2.75) is 66.2 Å². The lowest BCUT2D eigenvalue weighted by atomic mass is 9.87. The fraction of sp³-hybridized carbons (Fsp3) is 0.400. The second-order valence-electron chi connectivity index (χ2n) is 9.21. The van der Waals surface area contributed by atoms with Crippen molar-refractivity contribution in [2.75, 3.05) is 0 Å². The minimum atomic E-state index is 0.121. The van der Waals surface area contributed by atoms with Crippen LogP contribution >= 0.6 is 0 Å². The van der Waals surface area contributed by atoms with Gasteiger partial charge < -0.3 is 0 Å². The van der Waals surface area contributed by atoms with Gasteiger partial charge in [-0.05, 0) is 36.5 Å². The number of para-hydroxylation sites is 1. The topological polar surface area (TPSA) is 12.9 Å². The highest BCUT2D eigenvalue weighted by molar-refractivity contribution is 5.81. The van der Waals surface area contributed by atoms with Gasteiger partial charge in [-0.25, -0.2) is 0 Å². The Labute approximate surface area is 159 Å². The molecule has 0 bridgehead atoms. The minimum absolute atomic E-state index is 0.121. The third kappa shape index (κ3) is 5.17. The highest BCUT2D eigenvalue weighted by atomic mass is 14.7. The van der Waals surface area contributed by atoms with Gasteiger partial charge >= 0.3 is 0 Å². The van der Waals surface area contributed by atoms with Crippen LogP contribution in [-0.2, 0) is 10.8 Å². The second kappa shape index (κ2) is 7.61. The van der Waals surface area contributed by atoms with E-state index in [-0.39, 0.29) is 10.8 Å². The van der Waals surface area contributed by atoms with E-state index in [9.17, 15) is 0 Å². The predicted molar refractivity (Wildman–Crippen MR) is 115 cm³/mol. The molecule has 1 heterocycles. The van der Waals surface area contributed by atoms with Crippen molar-refractivity contribution in [3.63, 3.8) is 0 Å². The summed E-state index contributed by atoms with van der Waals surface area (Å²) in [5, 5.41) is 1.23. The Balaban J connectivity index is 0.000000197. The van der Waals surface area contributed by atoms with Gasteiger partial charge in [0.25, 0.3) is 0 Å². The number of hydrogen-bond donors (Lipinski definition) is 0. The molecule has 0 amide bonds. The summed E-state index contributed by atoms with van der Waals surface area (Å²) in [4.78, 5) is 4.75. The molecule has 26 heavy (non-hydrogen) atoms. The van der Waals surface area contributed by atoms with Crippen molar-refractivity contribution < 1.29 is 0 Å². The third-order valence-electron chi connectivity index (χ3n) is 4.61. The molecule has 3 aromatic rings. The maximum absolute atomic E-state index is 4.75. The molecule has 0 aliphatic rings. The summed E-state index contributed by atoms with van der Waals surface area (Å²) in [6.07, 6.45) is 0. The number of hydrogen-bond acceptors (Lipinski definition) is 1. The van der Waals surface area contributed by atoms with Crippen LogP contribution in [0.15, 0.2) is 54.6 Å². The molecule has 1 heteroatoms. The molecule has 0 N–H and O–H groups in total. The van der Waals surface area contributed by atoms with Crippen molar-refractivity contribution >= 4 is 10.9 Å². The summed E-state index contributed by atoms with van der Waals surface area (Å²) in [5.74, 6) is 0. The number of benzene rings is 2. The highest BCUT2D eigenvalue weighted by Gasteiger charge is 2.15. The molecule has 0 fully saturated rings. The van der Waals surface area contributed by atoms with Gasteiger partial charge in [0, 0.05) is 16.5 Å². The lowest BCUT2D eigenvalue weighted by Gasteiger charge is -2.18. The van der Waals surface area contributed by atoms with E-state index in [0.717, 1.165) is 11.2 Å². The average Bonchev–Trinajstić information content (AvgIpc) is 2.54. The van der Waals surface area contributed by atoms with Crippen LogP contribution in [0.5, 0.6) is 0 Å². The Morgan fingerprint density at radius 2 is 1.27 bits per heavy atom. The minimum Gasteiger partial charge on any atom is -0.252 e. The maximum Gasteiger partial charge on any atom is 0.0734 e. The highest BCUT2D eigenvalue weighted by Crippen LogP contribution is 2.24. The van der Waals surface area contributed by atoms with Crippen LogP contribution in [0.3, 0.4) is 0 Å². The molecule has 1 aromatic heterocycles. The summed E-state index contributed by atoms with van der Waals surface area (Å²) in [6, 6.07) is 19.3. The summed E-state index contributed by atoms with van der Waals surface area (Å²) in [7, 11) is 0. The Hall–Kier alpha value is -2.15. The largest absolute Gasteiger partial charge is 0.252 e. The van der Waals surface area contributed by atoms with Crippen LogP contribution in [0.2, 0.25) is 0 Å². The monoisotopic (exact) mass is 347 g/mol. The number of fused-ring (bicyclic) bond motifs is 1. The molecule has 0 unspecified atom stereocenters. The van der Waals surface area contributed by atoms with Crippen LogP contribution in [0.1, 0.15) is 63.9 Å². The lowest BCUT2D eigenvalue weighted by molar-refractivity contribution is 0.571. The van der Waals surface area contributed by atoms with E-state index < -0.39 is 0 Å². The quantitative estimate of drug-likeness (QED) is 0.421. The molecular formula is C25H33N. The number of nitrogens with zero attached hydrogens (tertiary/aromatic N) is 1. The van der Waals surface area contributed by atoms with Gasteiger partial charge in [0.05, 0.1) is 5.52 Å². The molecule has 3 rings (SSSR count). The molecule has 2 aromatic carbocycles. The zero-order valence-corrected chi connectivity index (χ0v) is 17.6. The van der Waals surface area contributed by atoms with E-state index in [4.69, 9.17) is 4.98 Å². The van der Waals surface area contributed by atoms with Crippen molar-refractivity contribution in [2.24, 2.45) is 0 Å².